The van der Waals surface area contributed by atoms with Gasteiger partial charge in [-0.25, -0.2) is 0 Å². The first-order chi connectivity index (χ1) is 8.49. The van der Waals surface area contributed by atoms with E-state index in [4.69, 9.17) is 5.73 Å². The lowest BCUT2D eigenvalue weighted by Crippen LogP contribution is -2.13. The van der Waals surface area contributed by atoms with Crippen LogP contribution in [0.3, 0.4) is 0 Å². The van der Waals surface area contributed by atoms with Gasteiger partial charge in [0.15, 0.2) is 5.78 Å². The molecule has 2 rings (SSSR count). The van der Waals surface area contributed by atoms with E-state index >= 15 is 0 Å². The number of nitrogens with two attached hydrogens (primary N) is 1. The standard InChI is InChI=1S/C14H16N2O2/c1-9-3-4-13-11(7-9)12(10(2)17)8-16(13)6-5-14(15)18/h3-4,7-8H,5-6H2,1-2H3,(H2,15,18). The van der Waals surface area contributed by atoms with Gasteiger partial charge in [-0.3, -0.25) is 9.59 Å². The van der Waals surface area contributed by atoms with Crippen molar-refractivity contribution in [2.75, 3.05) is 0 Å². The number of carbonyl (C=O) groups is 2. The summed E-state index contributed by atoms with van der Waals surface area (Å²) in [5, 5.41) is 0.937. The maximum Gasteiger partial charge on any atom is 0.219 e. The zero-order valence-corrected chi connectivity index (χ0v) is 10.6. The van der Waals surface area contributed by atoms with Gasteiger partial charge in [0, 0.05) is 35.6 Å². The van der Waals surface area contributed by atoms with Crippen LogP contribution in [0, 0.1) is 6.92 Å². The molecule has 1 aromatic heterocycles. The lowest BCUT2D eigenvalue weighted by atomic mass is 10.1. The van der Waals surface area contributed by atoms with Crippen molar-refractivity contribution < 1.29 is 9.59 Å². The fourth-order valence-corrected chi connectivity index (χ4v) is 2.11. The highest BCUT2D eigenvalue weighted by Gasteiger charge is 2.12. The Morgan fingerprint density at radius 1 is 1.33 bits per heavy atom. The van der Waals surface area contributed by atoms with Crippen molar-refractivity contribution in [2.24, 2.45) is 5.73 Å². The molecule has 0 unspecified atom stereocenters. The van der Waals surface area contributed by atoms with Gasteiger partial charge in [-0.2, -0.15) is 0 Å². The van der Waals surface area contributed by atoms with Crippen LogP contribution >= 0.6 is 0 Å². The van der Waals surface area contributed by atoms with Crippen molar-refractivity contribution >= 4 is 22.6 Å². The largest absolute Gasteiger partial charge is 0.370 e. The maximum atomic E-state index is 11.6. The van der Waals surface area contributed by atoms with E-state index in [0.717, 1.165) is 16.5 Å². The fraction of sp³-hybridized carbons (Fsp3) is 0.286. The van der Waals surface area contributed by atoms with E-state index in [9.17, 15) is 9.59 Å². The highest BCUT2D eigenvalue weighted by molar-refractivity contribution is 6.07. The molecule has 1 aromatic carbocycles. The lowest BCUT2D eigenvalue weighted by Gasteiger charge is -2.03. The summed E-state index contributed by atoms with van der Waals surface area (Å²) in [6.07, 6.45) is 2.07. The zero-order chi connectivity index (χ0) is 13.3. The number of rotatable bonds is 4. The van der Waals surface area contributed by atoms with Gasteiger partial charge >= 0.3 is 0 Å². The van der Waals surface area contributed by atoms with Gasteiger partial charge in [-0.15, -0.1) is 0 Å². The van der Waals surface area contributed by atoms with Crippen LogP contribution in [0.15, 0.2) is 24.4 Å². The third kappa shape index (κ3) is 2.27. The third-order valence-corrected chi connectivity index (χ3v) is 3.01. The van der Waals surface area contributed by atoms with Crippen molar-refractivity contribution in [3.63, 3.8) is 0 Å². The topological polar surface area (TPSA) is 65.1 Å². The van der Waals surface area contributed by atoms with Crippen LogP contribution in [0.4, 0.5) is 0 Å². The van der Waals surface area contributed by atoms with Crippen LogP contribution in [-0.4, -0.2) is 16.3 Å². The van der Waals surface area contributed by atoms with Crippen molar-refractivity contribution in [3.05, 3.63) is 35.5 Å². The summed E-state index contributed by atoms with van der Waals surface area (Å²) in [5.74, 6) is -0.309. The SMILES string of the molecule is CC(=O)c1cn(CCC(N)=O)c2ccc(C)cc12. The molecule has 0 bridgehead atoms. The molecule has 0 aliphatic rings. The molecule has 94 valence electrons. The molecule has 1 amide bonds. The summed E-state index contributed by atoms with van der Waals surface area (Å²) in [6.45, 7) is 4.04. The average Bonchev–Trinajstić information content (AvgIpc) is 2.64. The van der Waals surface area contributed by atoms with Crippen LogP contribution in [0.1, 0.15) is 29.3 Å². The summed E-state index contributed by atoms with van der Waals surface area (Å²) >= 11 is 0. The first kappa shape index (κ1) is 12.4. The minimum absolute atomic E-state index is 0.0309. The molecule has 0 saturated carbocycles. The predicted octanol–water partition coefficient (Wildman–Crippen LogP) is 2.03. The molecule has 0 saturated heterocycles. The van der Waals surface area contributed by atoms with Crippen LogP contribution in [-0.2, 0) is 11.3 Å². The predicted molar refractivity (Wildman–Crippen MR) is 70.5 cm³/mol. The van der Waals surface area contributed by atoms with Crippen LogP contribution in [0.25, 0.3) is 10.9 Å². The molecule has 4 heteroatoms. The van der Waals surface area contributed by atoms with Gasteiger partial charge in [-0.05, 0) is 26.0 Å². The maximum absolute atomic E-state index is 11.6. The summed E-state index contributed by atoms with van der Waals surface area (Å²) in [6, 6.07) is 5.96. The van der Waals surface area contributed by atoms with E-state index in [0.29, 0.717) is 12.1 Å². The first-order valence-electron chi connectivity index (χ1n) is 5.88. The molecule has 1 heterocycles. The minimum atomic E-state index is -0.340. The molecule has 2 aromatic rings. The normalized spacial score (nSPS) is 10.8. The molecule has 0 atom stereocenters. The molecule has 0 spiro atoms. The highest BCUT2D eigenvalue weighted by Crippen LogP contribution is 2.23. The molecule has 0 aliphatic heterocycles. The second-order valence-electron chi connectivity index (χ2n) is 4.53. The molecule has 0 radical (unpaired) electrons. The van der Waals surface area contributed by atoms with Crippen molar-refractivity contribution in [1.29, 1.82) is 0 Å². The molecule has 2 N–H and O–H groups in total. The number of ketones is 1. The van der Waals surface area contributed by atoms with Crippen LogP contribution < -0.4 is 5.73 Å². The Balaban J connectivity index is 2.54. The molecular weight excluding hydrogens is 228 g/mol. The number of aryl methyl sites for hydroxylation is 2. The number of nitrogens with zero attached hydrogens (tertiary/aromatic N) is 1. The van der Waals surface area contributed by atoms with E-state index in [-0.39, 0.29) is 18.1 Å². The van der Waals surface area contributed by atoms with Crippen LogP contribution in [0.5, 0.6) is 0 Å². The number of amides is 1. The second-order valence-corrected chi connectivity index (χ2v) is 4.53. The zero-order valence-electron chi connectivity index (χ0n) is 10.6. The van der Waals surface area contributed by atoms with E-state index in [2.05, 4.69) is 0 Å². The molecule has 0 aliphatic carbocycles. The number of hydrogen-bond acceptors (Lipinski definition) is 2. The smallest absolute Gasteiger partial charge is 0.219 e. The van der Waals surface area contributed by atoms with Gasteiger partial charge in [-0.1, -0.05) is 11.6 Å². The number of fused-ring (bicyclic) bond motifs is 1. The van der Waals surface area contributed by atoms with Gasteiger partial charge < -0.3 is 10.3 Å². The highest BCUT2D eigenvalue weighted by atomic mass is 16.1. The van der Waals surface area contributed by atoms with E-state index in [1.54, 1.807) is 13.1 Å². The Kier molecular flexibility index (Phi) is 3.19. The second kappa shape index (κ2) is 4.64. The van der Waals surface area contributed by atoms with E-state index in [1.807, 2.05) is 29.7 Å². The Labute approximate surface area is 105 Å². The monoisotopic (exact) mass is 244 g/mol. The summed E-state index contributed by atoms with van der Waals surface area (Å²) in [4.78, 5) is 22.5. The Morgan fingerprint density at radius 2 is 2.06 bits per heavy atom. The van der Waals surface area contributed by atoms with E-state index < -0.39 is 0 Å². The molecular formula is C14H16N2O2. The van der Waals surface area contributed by atoms with Crippen molar-refractivity contribution in [2.45, 2.75) is 26.8 Å². The Morgan fingerprint density at radius 3 is 2.67 bits per heavy atom. The number of primary amides is 1. The van der Waals surface area contributed by atoms with Gasteiger partial charge in [0.25, 0.3) is 0 Å². The van der Waals surface area contributed by atoms with Gasteiger partial charge in [0.05, 0.1) is 0 Å². The first-order valence-corrected chi connectivity index (χ1v) is 5.88. The van der Waals surface area contributed by atoms with Crippen molar-refractivity contribution in [3.8, 4) is 0 Å². The summed E-state index contributed by atoms with van der Waals surface area (Å²) in [7, 11) is 0. The number of benzene rings is 1. The lowest BCUT2D eigenvalue weighted by molar-refractivity contribution is -0.118. The third-order valence-electron chi connectivity index (χ3n) is 3.01. The number of aromatic nitrogens is 1. The molecule has 0 fully saturated rings. The van der Waals surface area contributed by atoms with Crippen LogP contribution in [0.2, 0.25) is 0 Å². The Bertz CT molecular complexity index is 626. The summed E-state index contributed by atoms with van der Waals surface area (Å²) in [5.41, 5.74) is 7.92. The molecule has 4 nitrogen and oxygen atoms in total. The minimum Gasteiger partial charge on any atom is -0.370 e. The fourth-order valence-electron chi connectivity index (χ4n) is 2.11. The average molecular weight is 244 g/mol. The number of hydrogen-bond donors (Lipinski definition) is 1. The number of carbonyl (C=O) groups excluding carboxylic acids is 2. The van der Waals surface area contributed by atoms with Gasteiger partial charge in [0.1, 0.15) is 0 Å². The number of Topliss-reactive ketones (excluding diaryl/α,β-unsaturated/α-hetero) is 1. The van der Waals surface area contributed by atoms with Crippen molar-refractivity contribution in [1.82, 2.24) is 4.57 Å². The Hall–Kier alpha value is -2.10. The van der Waals surface area contributed by atoms with E-state index in [1.165, 1.54) is 0 Å². The molecule has 18 heavy (non-hydrogen) atoms. The van der Waals surface area contributed by atoms with Gasteiger partial charge in [0.2, 0.25) is 5.91 Å². The summed E-state index contributed by atoms with van der Waals surface area (Å²) < 4.78 is 1.91. The quantitative estimate of drug-likeness (QED) is 0.836.